The SMILES string of the molecule is COc1ccc(C#N)cc1CNc1cccc(Cl)c1Cl. The summed E-state index contributed by atoms with van der Waals surface area (Å²) < 4.78 is 5.28. The summed E-state index contributed by atoms with van der Waals surface area (Å²) in [5, 5.41) is 13.1. The third kappa shape index (κ3) is 3.16. The fraction of sp³-hybridized carbons (Fsp3) is 0.133. The second-order valence-electron chi connectivity index (χ2n) is 4.09. The highest BCUT2D eigenvalue weighted by Crippen LogP contribution is 2.30. The molecule has 0 spiro atoms. The molecular formula is C15H12Cl2N2O. The minimum absolute atomic E-state index is 0.476. The Morgan fingerprint density at radius 3 is 2.75 bits per heavy atom. The molecule has 0 heterocycles. The first-order chi connectivity index (χ1) is 9.65. The van der Waals surface area contributed by atoms with E-state index in [1.807, 2.05) is 12.1 Å². The summed E-state index contributed by atoms with van der Waals surface area (Å²) in [6, 6.07) is 12.8. The molecule has 0 aromatic heterocycles. The highest BCUT2D eigenvalue weighted by Gasteiger charge is 2.07. The Kier molecular flexibility index (Phi) is 4.73. The van der Waals surface area contributed by atoms with Crippen molar-refractivity contribution in [3.63, 3.8) is 0 Å². The fourth-order valence-corrected chi connectivity index (χ4v) is 2.18. The van der Waals surface area contributed by atoms with Crippen LogP contribution in [-0.2, 0) is 6.54 Å². The molecule has 0 aliphatic heterocycles. The normalized spacial score (nSPS) is 9.90. The van der Waals surface area contributed by atoms with Gasteiger partial charge in [-0.05, 0) is 30.3 Å². The van der Waals surface area contributed by atoms with Gasteiger partial charge in [0.25, 0.3) is 0 Å². The van der Waals surface area contributed by atoms with E-state index in [2.05, 4.69) is 11.4 Å². The van der Waals surface area contributed by atoms with Crippen LogP contribution < -0.4 is 10.1 Å². The van der Waals surface area contributed by atoms with E-state index in [4.69, 9.17) is 33.2 Å². The van der Waals surface area contributed by atoms with Gasteiger partial charge in [0.15, 0.2) is 0 Å². The van der Waals surface area contributed by atoms with Gasteiger partial charge in [-0.25, -0.2) is 0 Å². The zero-order valence-corrected chi connectivity index (χ0v) is 12.3. The van der Waals surface area contributed by atoms with Crippen LogP contribution in [0, 0.1) is 11.3 Å². The van der Waals surface area contributed by atoms with Crippen molar-refractivity contribution in [1.82, 2.24) is 0 Å². The van der Waals surface area contributed by atoms with Crippen molar-refractivity contribution < 1.29 is 4.74 Å². The Bertz CT molecular complexity index is 665. The van der Waals surface area contributed by atoms with Gasteiger partial charge in [-0.3, -0.25) is 0 Å². The van der Waals surface area contributed by atoms with Crippen LogP contribution in [0.25, 0.3) is 0 Å². The number of hydrogen-bond donors (Lipinski definition) is 1. The smallest absolute Gasteiger partial charge is 0.123 e. The van der Waals surface area contributed by atoms with Crippen molar-refractivity contribution in [1.29, 1.82) is 5.26 Å². The van der Waals surface area contributed by atoms with E-state index in [1.165, 1.54) is 0 Å². The van der Waals surface area contributed by atoms with Crippen LogP contribution in [0.5, 0.6) is 5.75 Å². The van der Waals surface area contributed by atoms with E-state index in [1.54, 1.807) is 31.4 Å². The zero-order chi connectivity index (χ0) is 14.5. The van der Waals surface area contributed by atoms with Crippen LogP contribution in [0.2, 0.25) is 10.0 Å². The molecule has 0 atom stereocenters. The molecule has 0 unspecified atom stereocenters. The lowest BCUT2D eigenvalue weighted by Crippen LogP contribution is -2.02. The van der Waals surface area contributed by atoms with Crippen molar-refractivity contribution in [3.05, 3.63) is 57.6 Å². The number of hydrogen-bond acceptors (Lipinski definition) is 3. The standard InChI is InChI=1S/C15H12Cl2N2O/c1-20-14-6-5-10(8-18)7-11(14)9-19-13-4-2-3-12(16)15(13)17/h2-7,19H,9H2,1H3. The molecule has 0 aliphatic rings. The first-order valence-corrected chi connectivity index (χ1v) is 6.66. The van der Waals surface area contributed by atoms with Gasteiger partial charge in [0.1, 0.15) is 5.75 Å². The van der Waals surface area contributed by atoms with E-state index >= 15 is 0 Å². The van der Waals surface area contributed by atoms with Gasteiger partial charge in [-0.15, -0.1) is 0 Å². The number of benzene rings is 2. The number of nitriles is 1. The quantitative estimate of drug-likeness (QED) is 0.905. The van der Waals surface area contributed by atoms with Crippen LogP contribution in [0.15, 0.2) is 36.4 Å². The average Bonchev–Trinajstić information content (AvgIpc) is 2.48. The maximum atomic E-state index is 8.94. The first kappa shape index (κ1) is 14.5. The summed E-state index contributed by atoms with van der Waals surface area (Å²) in [5.74, 6) is 0.717. The van der Waals surface area contributed by atoms with Crippen LogP contribution >= 0.6 is 23.2 Å². The molecule has 1 N–H and O–H groups in total. The monoisotopic (exact) mass is 306 g/mol. The summed E-state index contributed by atoms with van der Waals surface area (Å²) in [7, 11) is 1.59. The summed E-state index contributed by atoms with van der Waals surface area (Å²) in [6.07, 6.45) is 0. The lowest BCUT2D eigenvalue weighted by atomic mass is 10.1. The summed E-state index contributed by atoms with van der Waals surface area (Å²) in [5.41, 5.74) is 2.20. The van der Waals surface area contributed by atoms with E-state index in [-0.39, 0.29) is 0 Å². The molecule has 2 aromatic rings. The molecule has 0 saturated heterocycles. The second-order valence-corrected chi connectivity index (χ2v) is 4.88. The average molecular weight is 307 g/mol. The molecule has 3 nitrogen and oxygen atoms in total. The van der Waals surface area contributed by atoms with E-state index in [0.29, 0.717) is 22.2 Å². The molecule has 0 radical (unpaired) electrons. The predicted molar refractivity (Wildman–Crippen MR) is 81.5 cm³/mol. The minimum Gasteiger partial charge on any atom is -0.496 e. The molecule has 2 rings (SSSR count). The maximum Gasteiger partial charge on any atom is 0.123 e. The van der Waals surface area contributed by atoms with Gasteiger partial charge in [0.2, 0.25) is 0 Å². The molecule has 102 valence electrons. The predicted octanol–water partition coefficient (Wildman–Crippen LogP) is 4.49. The van der Waals surface area contributed by atoms with Gasteiger partial charge in [-0.2, -0.15) is 5.26 Å². The first-order valence-electron chi connectivity index (χ1n) is 5.90. The van der Waals surface area contributed by atoms with Crippen LogP contribution in [0.4, 0.5) is 5.69 Å². The molecule has 2 aromatic carbocycles. The number of anilines is 1. The molecule has 0 bridgehead atoms. The van der Waals surface area contributed by atoms with Crippen molar-refractivity contribution in [3.8, 4) is 11.8 Å². The van der Waals surface area contributed by atoms with Gasteiger partial charge < -0.3 is 10.1 Å². The molecule has 5 heteroatoms. The Morgan fingerprint density at radius 1 is 1.25 bits per heavy atom. The van der Waals surface area contributed by atoms with Gasteiger partial charge in [0.05, 0.1) is 34.5 Å². The highest BCUT2D eigenvalue weighted by molar-refractivity contribution is 6.43. The van der Waals surface area contributed by atoms with Crippen molar-refractivity contribution in [2.45, 2.75) is 6.54 Å². The Hall–Kier alpha value is -1.89. The summed E-state index contributed by atoms with van der Waals surface area (Å²) in [6.45, 7) is 0.485. The molecule has 0 amide bonds. The number of nitrogens with one attached hydrogen (secondary N) is 1. The molecule has 0 fully saturated rings. The lowest BCUT2D eigenvalue weighted by molar-refractivity contribution is 0.410. The number of methoxy groups -OCH3 is 1. The molecular weight excluding hydrogens is 295 g/mol. The second kappa shape index (κ2) is 6.51. The lowest BCUT2D eigenvalue weighted by Gasteiger charge is -2.12. The Labute approximate surface area is 127 Å². The zero-order valence-electron chi connectivity index (χ0n) is 10.8. The number of nitrogens with zero attached hydrogens (tertiary/aromatic N) is 1. The minimum atomic E-state index is 0.476. The van der Waals surface area contributed by atoms with Crippen molar-refractivity contribution >= 4 is 28.9 Å². The van der Waals surface area contributed by atoms with Crippen molar-refractivity contribution in [2.75, 3.05) is 12.4 Å². The molecule has 20 heavy (non-hydrogen) atoms. The van der Waals surface area contributed by atoms with Gasteiger partial charge >= 0.3 is 0 Å². The van der Waals surface area contributed by atoms with E-state index < -0.39 is 0 Å². The summed E-state index contributed by atoms with van der Waals surface area (Å²) in [4.78, 5) is 0. The van der Waals surface area contributed by atoms with Gasteiger partial charge in [-0.1, -0.05) is 29.3 Å². The van der Waals surface area contributed by atoms with Crippen LogP contribution in [-0.4, -0.2) is 7.11 Å². The topological polar surface area (TPSA) is 45.0 Å². The number of ether oxygens (including phenoxy) is 1. The Balaban J connectivity index is 2.22. The number of halogens is 2. The van der Waals surface area contributed by atoms with E-state index in [9.17, 15) is 0 Å². The van der Waals surface area contributed by atoms with Gasteiger partial charge in [0, 0.05) is 12.1 Å². The third-order valence-electron chi connectivity index (χ3n) is 2.83. The van der Waals surface area contributed by atoms with E-state index in [0.717, 1.165) is 17.0 Å². The van der Waals surface area contributed by atoms with Crippen molar-refractivity contribution in [2.24, 2.45) is 0 Å². The molecule has 0 aliphatic carbocycles. The maximum absolute atomic E-state index is 8.94. The number of rotatable bonds is 4. The Morgan fingerprint density at radius 2 is 2.05 bits per heavy atom. The third-order valence-corrected chi connectivity index (χ3v) is 3.65. The van der Waals surface area contributed by atoms with Crippen LogP contribution in [0.1, 0.15) is 11.1 Å². The largest absolute Gasteiger partial charge is 0.496 e. The highest BCUT2D eigenvalue weighted by atomic mass is 35.5. The van der Waals surface area contributed by atoms with Crippen LogP contribution in [0.3, 0.4) is 0 Å². The molecule has 0 saturated carbocycles. The fourth-order valence-electron chi connectivity index (χ4n) is 1.82. The summed E-state index contributed by atoms with van der Waals surface area (Å²) >= 11 is 12.1.